The normalized spacial score (nSPS) is 20.5. The number of carbonyl (C=O) groups excluding carboxylic acids is 3. The average Bonchev–Trinajstić information content (AvgIpc) is 3.58. The summed E-state index contributed by atoms with van der Waals surface area (Å²) < 4.78 is 15.7. The highest BCUT2D eigenvalue weighted by Gasteiger charge is 2.51. The van der Waals surface area contributed by atoms with Gasteiger partial charge in [0.05, 0.1) is 10.5 Å². The van der Waals surface area contributed by atoms with Crippen LogP contribution in [0.2, 0.25) is 5.02 Å². The van der Waals surface area contributed by atoms with Crippen LogP contribution in [0, 0.1) is 11.7 Å². The summed E-state index contributed by atoms with van der Waals surface area (Å²) in [6.07, 6.45) is 2.77. The maximum atomic E-state index is 14.3. The Kier molecular flexibility index (Phi) is 6.87. The Morgan fingerprint density at radius 1 is 1.22 bits per heavy atom. The molecule has 2 aromatic carbocycles. The van der Waals surface area contributed by atoms with Crippen molar-refractivity contribution in [3.63, 3.8) is 0 Å². The Morgan fingerprint density at radius 2 is 2.03 bits per heavy atom. The van der Waals surface area contributed by atoms with Gasteiger partial charge in [0.2, 0.25) is 11.8 Å². The quantitative estimate of drug-likeness (QED) is 0.413. The standard InChI is InChI=1S/C26H27ClFN5O4/c27-19-3-1-2-16(22(19)28)12-30-26(37)24-15-5-6-17(11-15)33(24)21(35)13-32-20-10-14(8-9-34)4-7-18(20)23(31-32)25(29)36/h1-4,7,10,15,17,24,34H,5-6,8-9,11-13H2,(H2,29,36)(H,30,37)/t15-,17+,24-/m0/s1. The number of nitrogens with one attached hydrogen (secondary N) is 1. The minimum Gasteiger partial charge on any atom is -0.396 e. The fourth-order valence-electron chi connectivity index (χ4n) is 5.67. The summed E-state index contributed by atoms with van der Waals surface area (Å²) >= 11 is 5.85. The fourth-order valence-corrected chi connectivity index (χ4v) is 5.87. The lowest BCUT2D eigenvalue weighted by molar-refractivity contribution is -0.143. The predicted molar refractivity (Wildman–Crippen MR) is 134 cm³/mol. The van der Waals surface area contributed by atoms with Crippen molar-refractivity contribution in [2.45, 2.75) is 50.9 Å². The topological polar surface area (TPSA) is 131 Å². The summed E-state index contributed by atoms with van der Waals surface area (Å²) in [6.45, 7) is -0.267. The molecule has 3 atom stereocenters. The van der Waals surface area contributed by atoms with Crippen molar-refractivity contribution in [3.05, 3.63) is 64.1 Å². The lowest BCUT2D eigenvalue weighted by Crippen LogP contribution is -2.53. The second-order valence-corrected chi connectivity index (χ2v) is 10.0. The van der Waals surface area contributed by atoms with Gasteiger partial charge < -0.3 is 21.1 Å². The SMILES string of the molecule is NC(=O)c1nn(CC(=O)N2[C@@H]3CC[C@@H](C3)[C@H]2C(=O)NCc2cccc(Cl)c2F)c2cc(CCO)ccc12. The van der Waals surface area contributed by atoms with Gasteiger partial charge in [0.25, 0.3) is 5.91 Å². The molecule has 37 heavy (non-hydrogen) atoms. The van der Waals surface area contributed by atoms with Crippen molar-refractivity contribution in [1.82, 2.24) is 20.0 Å². The van der Waals surface area contributed by atoms with Gasteiger partial charge in [-0.1, -0.05) is 35.9 Å². The lowest BCUT2D eigenvalue weighted by Gasteiger charge is -2.34. The number of hydrogen-bond donors (Lipinski definition) is 3. The van der Waals surface area contributed by atoms with Crippen LogP contribution in [0.3, 0.4) is 0 Å². The van der Waals surface area contributed by atoms with Crippen LogP contribution in [-0.2, 0) is 29.1 Å². The minimum absolute atomic E-state index is 0.0184. The van der Waals surface area contributed by atoms with Crippen LogP contribution in [0.1, 0.15) is 40.9 Å². The summed E-state index contributed by atoms with van der Waals surface area (Å²) in [5.41, 5.74) is 7.21. The Hall–Kier alpha value is -3.50. The zero-order valence-corrected chi connectivity index (χ0v) is 20.7. The number of rotatable bonds is 8. The van der Waals surface area contributed by atoms with Crippen molar-refractivity contribution < 1.29 is 23.9 Å². The van der Waals surface area contributed by atoms with Crippen LogP contribution in [0.4, 0.5) is 4.39 Å². The van der Waals surface area contributed by atoms with E-state index in [1.165, 1.54) is 10.7 Å². The van der Waals surface area contributed by atoms with Crippen molar-refractivity contribution >= 4 is 40.2 Å². The molecule has 2 bridgehead atoms. The number of hydrogen-bond acceptors (Lipinski definition) is 5. The third kappa shape index (κ3) is 4.67. The number of aliphatic hydroxyl groups is 1. The van der Waals surface area contributed by atoms with Gasteiger partial charge in [0.15, 0.2) is 5.69 Å². The van der Waals surface area contributed by atoms with Gasteiger partial charge in [-0.3, -0.25) is 19.1 Å². The number of fused-ring (bicyclic) bond motifs is 3. The smallest absolute Gasteiger partial charge is 0.269 e. The Labute approximate surface area is 217 Å². The van der Waals surface area contributed by atoms with E-state index in [1.807, 2.05) is 0 Å². The molecule has 5 rings (SSSR count). The molecule has 11 heteroatoms. The highest BCUT2D eigenvalue weighted by Crippen LogP contribution is 2.42. The Balaban J connectivity index is 1.38. The zero-order chi connectivity index (χ0) is 26.3. The van der Waals surface area contributed by atoms with Crippen LogP contribution in [0.15, 0.2) is 36.4 Å². The first-order chi connectivity index (χ1) is 17.8. The molecule has 3 aromatic rings. The van der Waals surface area contributed by atoms with Crippen molar-refractivity contribution in [2.75, 3.05) is 6.61 Å². The summed E-state index contributed by atoms with van der Waals surface area (Å²) in [6, 6.07) is 9.12. The first-order valence-electron chi connectivity index (χ1n) is 12.2. The van der Waals surface area contributed by atoms with Crippen LogP contribution in [-0.4, -0.2) is 56.2 Å². The van der Waals surface area contributed by atoms with Gasteiger partial charge in [-0.15, -0.1) is 0 Å². The molecule has 0 unspecified atom stereocenters. The van der Waals surface area contributed by atoms with E-state index in [4.69, 9.17) is 17.3 Å². The second-order valence-electron chi connectivity index (χ2n) is 9.60. The molecule has 1 aliphatic carbocycles. The number of benzene rings is 2. The van der Waals surface area contributed by atoms with Crippen LogP contribution >= 0.6 is 11.6 Å². The molecule has 0 spiro atoms. The van der Waals surface area contributed by atoms with Crippen molar-refractivity contribution in [3.8, 4) is 0 Å². The number of nitrogens with zero attached hydrogens (tertiary/aromatic N) is 3. The molecule has 1 aliphatic heterocycles. The number of nitrogens with two attached hydrogens (primary N) is 1. The molecule has 1 saturated carbocycles. The number of aliphatic hydroxyl groups excluding tert-OH is 1. The molecular weight excluding hydrogens is 501 g/mol. The van der Waals surface area contributed by atoms with E-state index in [0.717, 1.165) is 24.8 Å². The first-order valence-corrected chi connectivity index (χ1v) is 12.6. The molecule has 9 nitrogen and oxygen atoms in total. The van der Waals surface area contributed by atoms with Crippen molar-refractivity contribution in [2.24, 2.45) is 11.7 Å². The lowest BCUT2D eigenvalue weighted by atomic mass is 9.97. The molecule has 2 aliphatic rings. The molecule has 2 heterocycles. The van der Waals surface area contributed by atoms with E-state index in [9.17, 15) is 23.9 Å². The predicted octanol–water partition coefficient (Wildman–Crippen LogP) is 2.16. The van der Waals surface area contributed by atoms with Crippen LogP contribution in [0.25, 0.3) is 10.9 Å². The second kappa shape index (κ2) is 10.1. The van der Waals surface area contributed by atoms with Crippen LogP contribution in [0.5, 0.6) is 0 Å². The van der Waals surface area contributed by atoms with E-state index < -0.39 is 17.8 Å². The van der Waals surface area contributed by atoms with Gasteiger partial charge >= 0.3 is 0 Å². The van der Waals surface area contributed by atoms with Gasteiger partial charge in [-0.25, -0.2) is 4.39 Å². The summed E-state index contributed by atoms with van der Waals surface area (Å²) in [7, 11) is 0. The highest BCUT2D eigenvalue weighted by atomic mass is 35.5. The molecule has 2 fully saturated rings. The van der Waals surface area contributed by atoms with Gasteiger partial charge in [0, 0.05) is 30.1 Å². The fraction of sp³-hybridized carbons (Fsp3) is 0.385. The molecule has 1 aromatic heterocycles. The monoisotopic (exact) mass is 527 g/mol. The molecule has 1 saturated heterocycles. The summed E-state index contributed by atoms with van der Waals surface area (Å²) in [4.78, 5) is 40.4. The number of carbonyl (C=O) groups is 3. The first kappa shape index (κ1) is 25.2. The van der Waals surface area contributed by atoms with E-state index in [0.29, 0.717) is 17.3 Å². The molecule has 194 valence electrons. The molecule has 0 radical (unpaired) electrons. The number of amides is 3. The van der Waals surface area contributed by atoms with E-state index >= 15 is 0 Å². The summed E-state index contributed by atoms with van der Waals surface area (Å²) in [5.74, 6) is -1.91. The average molecular weight is 528 g/mol. The highest BCUT2D eigenvalue weighted by molar-refractivity contribution is 6.30. The number of halogens is 2. The zero-order valence-electron chi connectivity index (χ0n) is 20.0. The van der Waals surface area contributed by atoms with E-state index in [2.05, 4.69) is 10.4 Å². The van der Waals surface area contributed by atoms with E-state index in [1.54, 1.807) is 35.2 Å². The van der Waals surface area contributed by atoms with Gasteiger partial charge in [-0.2, -0.15) is 5.10 Å². The Bertz CT molecular complexity index is 1390. The van der Waals surface area contributed by atoms with Gasteiger partial charge in [-0.05, 0) is 49.3 Å². The van der Waals surface area contributed by atoms with Crippen molar-refractivity contribution in [1.29, 1.82) is 0 Å². The third-order valence-electron chi connectivity index (χ3n) is 7.36. The number of primary amides is 1. The molecule has 4 N–H and O–H groups in total. The summed E-state index contributed by atoms with van der Waals surface area (Å²) in [5, 5.41) is 16.9. The van der Waals surface area contributed by atoms with E-state index in [-0.39, 0.29) is 59.8 Å². The largest absolute Gasteiger partial charge is 0.396 e. The number of likely N-dealkylation sites (tertiary alicyclic amines) is 1. The maximum Gasteiger partial charge on any atom is 0.269 e. The molecule has 3 amide bonds. The molecular formula is C26H27ClFN5O4. The number of piperidine rings is 1. The maximum absolute atomic E-state index is 14.3. The van der Waals surface area contributed by atoms with Crippen LogP contribution < -0.4 is 11.1 Å². The van der Waals surface area contributed by atoms with Gasteiger partial charge in [0.1, 0.15) is 18.4 Å². The number of aromatic nitrogens is 2. The third-order valence-corrected chi connectivity index (χ3v) is 7.65. The Morgan fingerprint density at radius 3 is 2.78 bits per heavy atom. The minimum atomic E-state index is -0.711.